The molecule has 1 aliphatic rings. The van der Waals surface area contributed by atoms with Gasteiger partial charge in [-0.05, 0) is 25.0 Å². The van der Waals surface area contributed by atoms with E-state index in [2.05, 4.69) is 0 Å². The monoisotopic (exact) mass is 218 g/mol. The van der Waals surface area contributed by atoms with Gasteiger partial charge in [0.2, 0.25) is 5.91 Å². The van der Waals surface area contributed by atoms with Crippen LogP contribution in [0.1, 0.15) is 23.2 Å². The van der Waals surface area contributed by atoms with Crippen molar-refractivity contribution in [2.24, 2.45) is 5.73 Å². The summed E-state index contributed by atoms with van der Waals surface area (Å²) < 4.78 is 0. The number of benzene rings is 1. The summed E-state index contributed by atoms with van der Waals surface area (Å²) in [6.45, 7) is 0.776. The molecule has 2 N–H and O–H groups in total. The van der Waals surface area contributed by atoms with Crippen LogP contribution < -0.4 is 10.6 Å². The molecule has 0 bridgehead atoms. The minimum Gasteiger partial charge on any atom is -0.368 e. The van der Waals surface area contributed by atoms with E-state index in [1.165, 1.54) is 0 Å². The normalized spacial score (nSPS) is 19.8. The quantitative estimate of drug-likeness (QED) is 0.768. The second-order valence-electron chi connectivity index (χ2n) is 3.93. The Morgan fingerprint density at radius 3 is 2.88 bits per heavy atom. The highest BCUT2D eigenvalue weighted by Gasteiger charge is 2.30. The van der Waals surface area contributed by atoms with E-state index in [0.29, 0.717) is 5.56 Å². The number of carbonyl (C=O) groups excluding carboxylic acids is 2. The van der Waals surface area contributed by atoms with Gasteiger partial charge in [-0.15, -0.1) is 0 Å². The zero-order chi connectivity index (χ0) is 11.5. The van der Waals surface area contributed by atoms with E-state index in [4.69, 9.17) is 5.73 Å². The van der Waals surface area contributed by atoms with Crippen molar-refractivity contribution in [3.8, 4) is 0 Å². The van der Waals surface area contributed by atoms with Crippen LogP contribution in [0.4, 0.5) is 5.69 Å². The van der Waals surface area contributed by atoms with E-state index in [9.17, 15) is 9.59 Å². The SMILES string of the molecule is NC(=O)C1CCCN1c1ccccc1C=O. The third kappa shape index (κ3) is 1.78. The topological polar surface area (TPSA) is 63.4 Å². The number of primary amides is 1. The van der Waals surface area contributed by atoms with Crippen molar-refractivity contribution in [1.82, 2.24) is 0 Å². The molecule has 4 heteroatoms. The van der Waals surface area contributed by atoms with Gasteiger partial charge >= 0.3 is 0 Å². The second-order valence-corrected chi connectivity index (χ2v) is 3.93. The Labute approximate surface area is 94.0 Å². The third-order valence-corrected chi connectivity index (χ3v) is 2.95. The van der Waals surface area contributed by atoms with Crippen LogP contribution in [-0.4, -0.2) is 24.8 Å². The number of rotatable bonds is 3. The van der Waals surface area contributed by atoms with E-state index in [0.717, 1.165) is 31.4 Å². The molecule has 84 valence electrons. The van der Waals surface area contributed by atoms with Crippen molar-refractivity contribution in [1.29, 1.82) is 0 Å². The molecule has 1 saturated heterocycles. The first-order valence-electron chi connectivity index (χ1n) is 5.34. The standard InChI is InChI=1S/C12H14N2O2/c13-12(16)11-6-3-7-14(11)10-5-2-1-4-9(10)8-15/h1-2,4-5,8,11H,3,6-7H2,(H2,13,16). The first-order valence-corrected chi connectivity index (χ1v) is 5.34. The molecule has 0 saturated carbocycles. The summed E-state index contributed by atoms with van der Waals surface area (Å²) in [6, 6.07) is 6.99. The maximum atomic E-state index is 11.3. The van der Waals surface area contributed by atoms with Crippen LogP contribution in [0.2, 0.25) is 0 Å². The Morgan fingerprint density at radius 2 is 2.19 bits per heavy atom. The number of amides is 1. The number of para-hydroxylation sites is 1. The van der Waals surface area contributed by atoms with Crippen LogP contribution in [0.25, 0.3) is 0 Å². The number of aldehydes is 1. The summed E-state index contributed by atoms with van der Waals surface area (Å²) >= 11 is 0. The molecule has 2 rings (SSSR count). The summed E-state index contributed by atoms with van der Waals surface area (Å²) in [5.74, 6) is -0.321. The average Bonchev–Trinajstić information content (AvgIpc) is 2.77. The number of nitrogens with zero attached hydrogens (tertiary/aromatic N) is 1. The molecule has 0 aliphatic carbocycles. The second kappa shape index (κ2) is 4.35. The molecule has 1 unspecified atom stereocenters. The van der Waals surface area contributed by atoms with Crippen molar-refractivity contribution >= 4 is 17.9 Å². The molecule has 16 heavy (non-hydrogen) atoms. The van der Waals surface area contributed by atoms with E-state index in [1.54, 1.807) is 6.07 Å². The van der Waals surface area contributed by atoms with Gasteiger partial charge in [-0.25, -0.2) is 0 Å². The van der Waals surface area contributed by atoms with Crippen molar-refractivity contribution < 1.29 is 9.59 Å². The smallest absolute Gasteiger partial charge is 0.240 e. The first-order chi connectivity index (χ1) is 7.74. The molecule has 0 aromatic heterocycles. The Balaban J connectivity index is 2.36. The number of hydrogen-bond acceptors (Lipinski definition) is 3. The highest BCUT2D eigenvalue weighted by atomic mass is 16.1. The number of nitrogens with two attached hydrogens (primary N) is 1. The highest BCUT2D eigenvalue weighted by Crippen LogP contribution is 2.27. The third-order valence-electron chi connectivity index (χ3n) is 2.95. The molecule has 0 radical (unpaired) electrons. The lowest BCUT2D eigenvalue weighted by molar-refractivity contribution is -0.119. The van der Waals surface area contributed by atoms with Gasteiger partial charge in [0.15, 0.2) is 6.29 Å². The van der Waals surface area contributed by atoms with Crippen LogP contribution in [0.3, 0.4) is 0 Å². The lowest BCUT2D eigenvalue weighted by Gasteiger charge is -2.25. The maximum Gasteiger partial charge on any atom is 0.240 e. The Bertz CT molecular complexity index is 417. The van der Waals surface area contributed by atoms with E-state index < -0.39 is 0 Å². The van der Waals surface area contributed by atoms with Crippen LogP contribution >= 0.6 is 0 Å². The summed E-state index contributed by atoms with van der Waals surface area (Å²) in [4.78, 5) is 24.1. The minimum absolute atomic E-state index is 0.277. The lowest BCUT2D eigenvalue weighted by Crippen LogP contribution is -2.40. The largest absolute Gasteiger partial charge is 0.368 e. The first kappa shape index (κ1) is 10.7. The Morgan fingerprint density at radius 1 is 1.44 bits per heavy atom. The molecule has 1 aromatic rings. The van der Waals surface area contributed by atoms with Gasteiger partial charge in [-0.2, -0.15) is 0 Å². The Hall–Kier alpha value is -1.84. The predicted molar refractivity (Wildman–Crippen MR) is 61.4 cm³/mol. The van der Waals surface area contributed by atoms with Gasteiger partial charge in [0.1, 0.15) is 6.04 Å². The number of anilines is 1. The molecule has 0 spiro atoms. The van der Waals surface area contributed by atoms with Crippen LogP contribution in [0, 0.1) is 0 Å². The molecule has 4 nitrogen and oxygen atoms in total. The van der Waals surface area contributed by atoms with Crippen molar-refractivity contribution in [3.63, 3.8) is 0 Å². The van der Waals surface area contributed by atoms with Gasteiger partial charge in [-0.3, -0.25) is 9.59 Å². The number of hydrogen-bond donors (Lipinski definition) is 1. The fourth-order valence-corrected chi connectivity index (χ4v) is 2.20. The maximum absolute atomic E-state index is 11.3. The predicted octanol–water partition coefficient (Wildman–Crippen LogP) is 0.953. The van der Waals surface area contributed by atoms with Crippen LogP contribution in [-0.2, 0) is 4.79 Å². The molecule has 1 fully saturated rings. The van der Waals surface area contributed by atoms with Gasteiger partial charge in [0, 0.05) is 17.8 Å². The zero-order valence-electron chi connectivity index (χ0n) is 8.93. The highest BCUT2D eigenvalue weighted by molar-refractivity contribution is 5.89. The van der Waals surface area contributed by atoms with Gasteiger partial charge in [0.25, 0.3) is 0 Å². The minimum atomic E-state index is -0.321. The summed E-state index contributed by atoms with van der Waals surface area (Å²) in [6.07, 6.45) is 2.51. The molecular formula is C12H14N2O2. The van der Waals surface area contributed by atoms with E-state index in [1.807, 2.05) is 23.1 Å². The molecule has 1 atom stereocenters. The molecule has 1 aliphatic heterocycles. The summed E-state index contributed by atoms with van der Waals surface area (Å²) in [5, 5.41) is 0. The Kier molecular flexibility index (Phi) is 2.90. The number of carbonyl (C=O) groups is 2. The van der Waals surface area contributed by atoms with Crippen LogP contribution in [0.5, 0.6) is 0 Å². The van der Waals surface area contributed by atoms with Crippen LogP contribution in [0.15, 0.2) is 24.3 Å². The van der Waals surface area contributed by atoms with Gasteiger partial charge in [0.05, 0.1) is 0 Å². The summed E-state index contributed by atoms with van der Waals surface area (Å²) in [7, 11) is 0. The molecule has 1 heterocycles. The average molecular weight is 218 g/mol. The summed E-state index contributed by atoms with van der Waals surface area (Å²) in [5.41, 5.74) is 6.76. The zero-order valence-corrected chi connectivity index (χ0v) is 8.93. The molecule has 1 aromatic carbocycles. The fraction of sp³-hybridized carbons (Fsp3) is 0.333. The molecular weight excluding hydrogens is 204 g/mol. The van der Waals surface area contributed by atoms with E-state index >= 15 is 0 Å². The lowest BCUT2D eigenvalue weighted by atomic mass is 10.1. The van der Waals surface area contributed by atoms with Gasteiger partial charge in [-0.1, -0.05) is 12.1 Å². The van der Waals surface area contributed by atoms with Crippen molar-refractivity contribution in [2.45, 2.75) is 18.9 Å². The molecule has 1 amide bonds. The van der Waals surface area contributed by atoms with Crippen molar-refractivity contribution in [3.05, 3.63) is 29.8 Å². The van der Waals surface area contributed by atoms with Gasteiger partial charge < -0.3 is 10.6 Å². The fourth-order valence-electron chi connectivity index (χ4n) is 2.20. The van der Waals surface area contributed by atoms with E-state index in [-0.39, 0.29) is 11.9 Å². The van der Waals surface area contributed by atoms with Crippen molar-refractivity contribution in [2.75, 3.05) is 11.4 Å².